The molecule has 0 spiro atoms. The van der Waals surface area contributed by atoms with Crippen molar-refractivity contribution in [2.24, 2.45) is 0 Å². The number of hydrogen-bond acceptors (Lipinski definition) is 2. The minimum Gasteiger partial charge on any atom is -0.384 e. The zero-order chi connectivity index (χ0) is 13.6. The van der Waals surface area contributed by atoms with Gasteiger partial charge in [-0.3, -0.25) is 4.79 Å². The van der Waals surface area contributed by atoms with E-state index in [1.807, 2.05) is 0 Å². The zero-order valence-corrected chi connectivity index (χ0v) is 10.6. The molecule has 2 aromatic rings. The number of aliphatic hydroxyl groups is 1. The van der Waals surface area contributed by atoms with Crippen LogP contribution in [-0.4, -0.2) is 10.9 Å². The molecule has 0 saturated carbocycles. The molecule has 3 rings (SSSR count). The number of ketones is 1. The second kappa shape index (κ2) is 4.15. The van der Waals surface area contributed by atoms with E-state index < -0.39 is 17.6 Å². The van der Waals surface area contributed by atoms with Gasteiger partial charge >= 0.3 is 0 Å². The standard InChI is InChI=1S/C15H10ClFO2/c16-10-7-5-9(6-8-10)15(17)13(18)11-3-1-2-4-12(11)14(15)19/h1-8,13,18H/t13?,15-/m1/s1. The van der Waals surface area contributed by atoms with Crippen LogP contribution in [0.1, 0.15) is 27.6 Å². The predicted octanol–water partition coefficient (Wildman–Crippen LogP) is 3.43. The molecule has 1 unspecified atom stereocenters. The molecule has 2 atom stereocenters. The fourth-order valence-electron chi connectivity index (χ4n) is 2.46. The lowest BCUT2D eigenvalue weighted by molar-refractivity contribution is 0.00747. The summed E-state index contributed by atoms with van der Waals surface area (Å²) in [4.78, 5) is 12.2. The van der Waals surface area contributed by atoms with Crippen LogP contribution in [0.2, 0.25) is 5.02 Å². The molecule has 19 heavy (non-hydrogen) atoms. The minimum absolute atomic E-state index is 0.116. The Kier molecular flexibility index (Phi) is 2.69. The van der Waals surface area contributed by atoms with E-state index in [1.165, 1.54) is 30.3 Å². The lowest BCUT2D eigenvalue weighted by Crippen LogP contribution is -2.31. The highest BCUT2D eigenvalue weighted by Crippen LogP contribution is 2.48. The van der Waals surface area contributed by atoms with Gasteiger partial charge in [0.15, 0.2) is 0 Å². The number of alkyl halides is 1. The van der Waals surface area contributed by atoms with E-state index in [9.17, 15) is 9.90 Å². The van der Waals surface area contributed by atoms with Crippen molar-refractivity contribution in [2.75, 3.05) is 0 Å². The Morgan fingerprint density at radius 3 is 2.37 bits per heavy atom. The number of aliphatic hydroxyl groups excluding tert-OH is 1. The summed E-state index contributed by atoms with van der Waals surface area (Å²) in [7, 11) is 0. The quantitative estimate of drug-likeness (QED) is 0.866. The number of carbonyl (C=O) groups excluding carboxylic acids is 1. The Hall–Kier alpha value is -1.71. The van der Waals surface area contributed by atoms with E-state index in [0.29, 0.717) is 10.6 Å². The summed E-state index contributed by atoms with van der Waals surface area (Å²) in [6.07, 6.45) is -1.49. The highest BCUT2D eigenvalue weighted by molar-refractivity contribution is 6.30. The Morgan fingerprint density at radius 2 is 1.74 bits per heavy atom. The first-order chi connectivity index (χ1) is 9.05. The lowest BCUT2D eigenvalue weighted by Gasteiger charge is -2.22. The van der Waals surface area contributed by atoms with Crippen LogP contribution >= 0.6 is 11.6 Å². The summed E-state index contributed by atoms with van der Waals surface area (Å²) in [5.41, 5.74) is -1.77. The van der Waals surface area contributed by atoms with E-state index in [2.05, 4.69) is 0 Å². The summed E-state index contributed by atoms with van der Waals surface area (Å²) >= 11 is 5.76. The molecule has 0 amide bonds. The molecular formula is C15H10ClFO2. The number of rotatable bonds is 1. The second-order valence-corrected chi connectivity index (χ2v) is 4.97. The molecule has 0 aliphatic heterocycles. The second-order valence-electron chi connectivity index (χ2n) is 4.54. The Bertz CT molecular complexity index is 653. The highest BCUT2D eigenvalue weighted by Gasteiger charge is 2.54. The number of hydrogen-bond donors (Lipinski definition) is 1. The zero-order valence-electron chi connectivity index (χ0n) is 9.81. The van der Waals surface area contributed by atoms with Gasteiger partial charge in [0.1, 0.15) is 6.10 Å². The third kappa shape index (κ3) is 1.62. The third-order valence-corrected chi connectivity index (χ3v) is 3.72. The fourth-order valence-corrected chi connectivity index (χ4v) is 2.58. The van der Waals surface area contributed by atoms with Gasteiger partial charge in [0.25, 0.3) is 0 Å². The average molecular weight is 277 g/mol. The highest BCUT2D eigenvalue weighted by atomic mass is 35.5. The van der Waals surface area contributed by atoms with Crippen LogP contribution in [0.15, 0.2) is 48.5 Å². The predicted molar refractivity (Wildman–Crippen MR) is 70.0 cm³/mol. The Morgan fingerprint density at radius 1 is 1.11 bits per heavy atom. The van der Waals surface area contributed by atoms with Crippen LogP contribution in [0.3, 0.4) is 0 Å². The van der Waals surface area contributed by atoms with Crippen LogP contribution in [0, 0.1) is 0 Å². The fraction of sp³-hybridized carbons (Fsp3) is 0.133. The SMILES string of the molecule is O=C1c2ccccc2C(O)[C@]1(F)c1ccc(Cl)cc1. The molecular weight excluding hydrogens is 267 g/mol. The average Bonchev–Trinajstić information content (AvgIpc) is 2.63. The molecule has 96 valence electrons. The van der Waals surface area contributed by atoms with Crippen molar-refractivity contribution in [3.05, 3.63) is 70.2 Å². The van der Waals surface area contributed by atoms with Gasteiger partial charge in [-0.1, -0.05) is 48.0 Å². The van der Waals surface area contributed by atoms with E-state index in [4.69, 9.17) is 11.6 Å². The van der Waals surface area contributed by atoms with E-state index in [-0.39, 0.29) is 11.1 Å². The van der Waals surface area contributed by atoms with Crippen molar-refractivity contribution in [1.29, 1.82) is 0 Å². The van der Waals surface area contributed by atoms with Crippen molar-refractivity contribution in [3.63, 3.8) is 0 Å². The van der Waals surface area contributed by atoms with Gasteiger partial charge in [-0.25, -0.2) is 4.39 Å². The van der Waals surface area contributed by atoms with Crippen LogP contribution in [0.4, 0.5) is 4.39 Å². The van der Waals surface area contributed by atoms with Crippen molar-refractivity contribution in [2.45, 2.75) is 11.8 Å². The molecule has 0 radical (unpaired) electrons. The van der Waals surface area contributed by atoms with Crippen LogP contribution in [0.25, 0.3) is 0 Å². The maximum atomic E-state index is 15.1. The maximum Gasteiger partial charge on any atom is 0.228 e. The van der Waals surface area contributed by atoms with Crippen molar-refractivity contribution < 1.29 is 14.3 Å². The lowest BCUT2D eigenvalue weighted by atomic mass is 9.90. The Balaban J connectivity index is 2.16. The topological polar surface area (TPSA) is 37.3 Å². The van der Waals surface area contributed by atoms with E-state index >= 15 is 4.39 Å². The molecule has 4 heteroatoms. The van der Waals surface area contributed by atoms with Gasteiger partial charge in [0, 0.05) is 16.1 Å². The summed E-state index contributed by atoms with van der Waals surface area (Å²) < 4.78 is 15.1. The molecule has 2 nitrogen and oxygen atoms in total. The molecule has 1 aliphatic rings. The normalized spacial score (nSPS) is 25.4. The number of benzene rings is 2. The van der Waals surface area contributed by atoms with Gasteiger partial charge in [-0.15, -0.1) is 0 Å². The molecule has 0 aromatic heterocycles. The van der Waals surface area contributed by atoms with Gasteiger partial charge in [0.05, 0.1) is 0 Å². The van der Waals surface area contributed by atoms with Gasteiger partial charge < -0.3 is 5.11 Å². The molecule has 0 fully saturated rings. The van der Waals surface area contributed by atoms with Crippen LogP contribution in [0.5, 0.6) is 0 Å². The summed E-state index contributed by atoms with van der Waals surface area (Å²) in [6, 6.07) is 12.3. The number of carbonyl (C=O) groups is 1. The van der Waals surface area contributed by atoms with Crippen LogP contribution < -0.4 is 0 Å². The smallest absolute Gasteiger partial charge is 0.228 e. The minimum atomic E-state index is -2.44. The number of fused-ring (bicyclic) bond motifs is 1. The molecule has 2 aromatic carbocycles. The van der Waals surface area contributed by atoms with Gasteiger partial charge in [-0.05, 0) is 17.7 Å². The van der Waals surface area contributed by atoms with Crippen molar-refractivity contribution in [1.82, 2.24) is 0 Å². The van der Waals surface area contributed by atoms with Crippen LogP contribution in [-0.2, 0) is 5.67 Å². The molecule has 0 heterocycles. The summed E-state index contributed by atoms with van der Waals surface area (Å²) in [6.45, 7) is 0. The summed E-state index contributed by atoms with van der Waals surface area (Å²) in [5, 5.41) is 10.6. The third-order valence-electron chi connectivity index (χ3n) is 3.47. The monoisotopic (exact) mass is 276 g/mol. The molecule has 1 N–H and O–H groups in total. The van der Waals surface area contributed by atoms with Gasteiger partial charge in [-0.2, -0.15) is 0 Å². The number of Topliss-reactive ketones (excluding diaryl/α,β-unsaturated/α-hetero) is 1. The van der Waals surface area contributed by atoms with Crippen molar-refractivity contribution in [3.8, 4) is 0 Å². The largest absolute Gasteiger partial charge is 0.384 e. The first-order valence-corrected chi connectivity index (χ1v) is 6.19. The Labute approximate surface area is 114 Å². The number of halogens is 2. The van der Waals surface area contributed by atoms with E-state index in [0.717, 1.165) is 0 Å². The molecule has 0 bridgehead atoms. The molecule has 1 aliphatic carbocycles. The molecule has 0 saturated heterocycles. The van der Waals surface area contributed by atoms with Gasteiger partial charge in [0.2, 0.25) is 11.5 Å². The first kappa shape index (κ1) is 12.3. The van der Waals surface area contributed by atoms with Crippen molar-refractivity contribution >= 4 is 17.4 Å². The first-order valence-electron chi connectivity index (χ1n) is 5.82. The maximum absolute atomic E-state index is 15.1. The van der Waals surface area contributed by atoms with E-state index in [1.54, 1.807) is 18.2 Å². The summed E-state index contributed by atoms with van der Waals surface area (Å²) in [5.74, 6) is -0.710.